The smallest absolute Gasteiger partial charge is 0.263 e. The highest BCUT2D eigenvalue weighted by Gasteiger charge is 2.35. The van der Waals surface area contributed by atoms with E-state index in [-0.39, 0.29) is 0 Å². The quantitative estimate of drug-likeness (QED) is 0.416. The summed E-state index contributed by atoms with van der Waals surface area (Å²) in [6, 6.07) is 0. The van der Waals surface area contributed by atoms with Gasteiger partial charge >= 0.3 is 5.91 Å². The van der Waals surface area contributed by atoms with Crippen LogP contribution in [0.1, 0.15) is 13.3 Å². The molecule has 0 saturated carbocycles. The Hall–Kier alpha value is -0.370. The van der Waals surface area contributed by atoms with Crippen molar-refractivity contribution in [3.8, 4) is 0 Å². The maximum absolute atomic E-state index is 10.7. The molecule has 0 aliphatic carbocycles. The van der Waals surface area contributed by atoms with Crippen molar-refractivity contribution in [3.63, 3.8) is 0 Å². The first-order valence-electron chi connectivity index (χ1n) is 3.01. The average Bonchev–Trinajstić information content (AvgIpc) is 1.60. The van der Waals surface area contributed by atoms with Crippen molar-refractivity contribution in [1.29, 1.82) is 0 Å². The Labute approximate surface area is 49.7 Å². The lowest BCUT2D eigenvalue weighted by Gasteiger charge is -2.38. The summed E-state index contributed by atoms with van der Waals surface area (Å²) in [6.45, 7) is 3.77. The van der Waals surface area contributed by atoms with Gasteiger partial charge in [0.15, 0.2) is 0 Å². The molecule has 1 rings (SSSR count). The van der Waals surface area contributed by atoms with Crippen molar-refractivity contribution in [2.75, 3.05) is 20.1 Å². The van der Waals surface area contributed by atoms with Crippen LogP contribution in [-0.4, -0.2) is 30.5 Å². The number of quaternary nitrogens is 1. The van der Waals surface area contributed by atoms with Gasteiger partial charge in [-0.15, -0.1) is 0 Å². The van der Waals surface area contributed by atoms with Gasteiger partial charge in [-0.2, -0.15) is 0 Å². The van der Waals surface area contributed by atoms with E-state index >= 15 is 0 Å². The second kappa shape index (κ2) is 1.55. The molecule has 46 valence electrons. The first-order valence-corrected chi connectivity index (χ1v) is 3.01. The standard InChI is InChI=1S/C6H12NO/c1-6(8)7(2)4-3-5-7/h3-5H2,1-2H3/q+1. The van der Waals surface area contributed by atoms with Gasteiger partial charge in [0.05, 0.1) is 27.1 Å². The predicted molar refractivity (Wildman–Crippen MR) is 31.2 cm³/mol. The molecule has 0 spiro atoms. The van der Waals surface area contributed by atoms with Crippen LogP contribution in [-0.2, 0) is 4.79 Å². The summed E-state index contributed by atoms with van der Waals surface area (Å²) >= 11 is 0. The molecular formula is C6H12NO+. The van der Waals surface area contributed by atoms with Gasteiger partial charge in [-0.3, -0.25) is 4.48 Å². The Balaban J connectivity index is 2.53. The van der Waals surface area contributed by atoms with Gasteiger partial charge in [0.1, 0.15) is 0 Å². The molecule has 1 saturated heterocycles. The number of likely N-dealkylation sites (tertiary alicyclic amines) is 1. The van der Waals surface area contributed by atoms with Crippen LogP contribution >= 0.6 is 0 Å². The monoisotopic (exact) mass is 114 g/mol. The fourth-order valence-corrected chi connectivity index (χ4v) is 0.947. The summed E-state index contributed by atoms with van der Waals surface area (Å²) in [5.74, 6) is 0.302. The molecule has 1 amide bonds. The molecule has 1 aliphatic rings. The Morgan fingerprint density at radius 2 is 2.00 bits per heavy atom. The maximum atomic E-state index is 10.7. The summed E-state index contributed by atoms with van der Waals surface area (Å²) in [7, 11) is 1.99. The highest BCUT2D eigenvalue weighted by atomic mass is 16.2. The van der Waals surface area contributed by atoms with Crippen molar-refractivity contribution < 1.29 is 9.28 Å². The highest BCUT2D eigenvalue weighted by Crippen LogP contribution is 2.15. The molecule has 2 nitrogen and oxygen atoms in total. The molecule has 0 unspecified atom stereocenters. The van der Waals surface area contributed by atoms with Gasteiger partial charge in [0, 0.05) is 6.42 Å². The molecule has 1 fully saturated rings. The Bertz CT molecular complexity index is 116. The number of rotatable bonds is 0. The van der Waals surface area contributed by atoms with Crippen molar-refractivity contribution in [3.05, 3.63) is 0 Å². The molecule has 0 atom stereocenters. The van der Waals surface area contributed by atoms with Crippen LogP contribution in [0.15, 0.2) is 0 Å². The first-order chi connectivity index (χ1) is 3.65. The molecular weight excluding hydrogens is 102 g/mol. The molecule has 2 heteroatoms. The number of nitrogens with zero attached hydrogens (tertiary/aromatic N) is 1. The summed E-state index contributed by atoms with van der Waals surface area (Å²) in [5, 5.41) is 0. The zero-order chi connectivity index (χ0) is 6.20. The van der Waals surface area contributed by atoms with Gasteiger partial charge in [-0.05, 0) is 0 Å². The lowest BCUT2D eigenvalue weighted by Crippen LogP contribution is -2.57. The van der Waals surface area contributed by atoms with Crippen molar-refractivity contribution >= 4 is 5.91 Å². The van der Waals surface area contributed by atoms with Crippen LogP contribution in [0.3, 0.4) is 0 Å². The second-order valence-electron chi connectivity index (χ2n) is 2.72. The van der Waals surface area contributed by atoms with E-state index in [0.717, 1.165) is 13.1 Å². The van der Waals surface area contributed by atoms with Crippen LogP contribution in [0.2, 0.25) is 0 Å². The van der Waals surface area contributed by atoms with Gasteiger partial charge in [0.2, 0.25) is 0 Å². The average molecular weight is 114 g/mol. The number of hydrogen-bond donors (Lipinski definition) is 0. The summed E-state index contributed by atoms with van der Waals surface area (Å²) in [5.41, 5.74) is 0. The lowest BCUT2D eigenvalue weighted by molar-refractivity contribution is -0.873. The molecule has 0 aromatic heterocycles. The molecule has 1 heterocycles. The topological polar surface area (TPSA) is 17.1 Å². The third-order valence-electron chi connectivity index (χ3n) is 2.06. The summed E-state index contributed by atoms with van der Waals surface area (Å²) < 4.78 is 0.667. The number of carbonyl (C=O) groups excluding carboxylic acids is 1. The number of carbonyl (C=O) groups is 1. The van der Waals surface area contributed by atoms with E-state index in [4.69, 9.17) is 0 Å². The van der Waals surface area contributed by atoms with Crippen LogP contribution in [0.25, 0.3) is 0 Å². The van der Waals surface area contributed by atoms with E-state index in [1.54, 1.807) is 6.92 Å². The van der Waals surface area contributed by atoms with Crippen LogP contribution in [0.5, 0.6) is 0 Å². The van der Waals surface area contributed by atoms with Crippen molar-refractivity contribution in [1.82, 2.24) is 0 Å². The summed E-state index contributed by atoms with van der Waals surface area (Å²) in [4.78, 5) is 10.7. The van der Waals surface area contributed by atoms with Crippen LogP contribution in [0.4, 0.5) is 0 Å². The van der Waals surface area contributed by atoms with Gasteiger partial charge < -0.3 is 0 Å². The van der Waals surface area contributed by atoms with Gasteiger partial charge in [0.25, 0.3) is 0 Å². The summed E-state index contributed by atoms with van der Waals surface area (Å²) in [6.07, 6.45) is 1.22. The van der Waals surface area contributed by atoms with Gasteiger partial charge in [-0.25, -0.2) is 4.79 Å². The molecule has 1 aliphatic heterocycles. The molecule has 0 aromatic carbocycles. The minimum Gasteiger partial charge on any atom is -0.263 e. The number of amides is 1. The lowest BCUT2D eigenvalue weighted by atomic mass is 10.1. The SMILES string of the molecule is CC(=O)[N+]1(C)CCC1. The van der Waals surface area contributed by atoms with E-state index in [1.165, 1.54) is 6.42 Å². The highest BCUT2D eigenvalue weighted by molar-refractivity contribution is 5.65. The Morgan fingerprint density at radius 3 is 2.00 bits per heavy atom. The second-order valence-corrected chi connectivity index (χ2v) is 2.72. The van der Waals surface area contributed by atoms with E-state index in [2.05, 4.69) is 0 Å². The fraction of sp³-hybridized carbons (Fsp3) is 0.833. The molecule has 0 N–H and O–H groups in total. The molecule has 0 aromatic rings. The van der Waals surface area contributed by atoms with Crippen molar-refractivity contribution in [2.24, 2.45) is 0 Å². The third-order valence-corrected chi connectivity index (χ3v) is 2.06. The minimum atomic E-state index is 0.302. The normalized spacial score (nSPS) is 24.2. The fourth-order valence-electron chi connectivity index (χ4n) is 0.947. The first kappa shape index (κ1) is 5.76. The Kier molecular flexibility index (Phi) is 1.12. The maximum Gasteiger partial charge on any atom is 0.310 e. The molecule has 8 heavy (non-hydrogen) atoms. The van der Waals surface area contributed by atoms with E-state index in [1.807, 2.05) is 7.05 Å². The van der Waals surface area contributed by atoms with E-state index < -0.39 is 0 Å². The van der Waals surface area contributed by atoms with Crippen LogP contribution < -0.4 is 0 Å². The van der Waals surface area contributed by atoms with Crippen LogP contribution in [0, 0.1) is 0 Å². The zero-order valence-electron chi connectivity index (χ0n) is 5.48. The Morgan fingerprint density at radius 1 is 1.50 bits per heavy atom. The van der Waals surface area contributed by atoms with E-state index in [0.29, 0.717) is 10.4 Å². The minimum absolute atomic E-state index is 0.302. The number of hydrogen-bond acceptors (Lipinski definition) is 1. The third kappa shape index (κ3) is 0.650. The molecule has 0 bridgehead atoms. The predicted octanol–water partition coefficient (Wildman–Crippen LogP) is 0.383. The largest absolute Gasteiger partial charge is 0.310 e. The zero-order valence-corrected chi connectivity index (χ0v) is 5.48. The van der Waals surface area contributed by atoms with Gasteiger partial charge in [-0.1, -0.05) is 0 Å². The van der Waals surface area contributed by atoms with E-state index in [9.17, 15) is 4.79 Å². The van der Waals surface area contributed by atoms with Crippen molar-refractivity contribution in [2.45, 2.75) is 13.3 Å². The molecule has 0 radical (unpaired) electrons.